The number of carbonyl (C=O) groups is 2. The minimum absolute atomic E-state index is 0.135. The average molecular weight is 427 g/mol. The van der Waals surface area contributed by atoms with Gasteiger partial charge in [-0.1, -0.05) is 5.16 Å². The molecule has 3 heterocycles. The van der Waals surface area contributed by atoms with Gasteiger partial charge in [0.05, 0.1) is 10.6 Å². The summed E-state index contributed by atoms with van der Waals surface area (Å²) in [6, 6.07) is 3.04. The lowest BCUT2D eigenvalue weighted by atomic mass is 10.1. The summed E-state index contributed by atoms with van der Waals surface area (Å²) in [6.07, 6.45) is -8.78. The Balaban J connectivity index is 1.70. The predicted octanol–water partition coefficient (Wildman–Crippen LogP) is 2.82. The molecule has 0 bridgehead atoms. The predicted molar refractivity (Wildman–Crippen MR) is 86.7 cm³/mol. The summed E-state index contributed by atoms with van der Waals surface area (Å²) in [4.78, 5) is 29.5. The van der Waals surface area contributed by atoms with E-state index in [4.69, 9.17) is 0 Å². The molecular formula is C15H11F6N3O3S. The van der Waals surface area contributed by atoms with Crippen molar-refractivity contribution < 1.29 is 40.8 Å². The van der Waals surface area contributed by atoms with Crippen molar-refractivity contribution >= 4 is 40.0 Å². The van der Waals surface area contributed by atoms with Crippen LogP contribution in [0.15, 0.2) is 22.9 Å². The van der Waals surface area contributed by atoms with E-state index < -0.39 is 35.5 Å². The molecule has 3 rings (SSSR count). The van der Waals surface area contributed by atoms with Gasteiger partial charge < -0.3 is 14.6 Å². The van der Waals surface area contributed by atoms with Crippen LogP contribution in [0.2, 0.25) is 0 Å². The van der Waals surface area contributed by atoms with Crippen LogP contribution < -0.4 is 4.90 Å². The highest BCUT2D eigenvalue weighted by atomic mass is 32.1. The first-order chi connectivity index (χ1) is 13.0. The number of halogens is 6. The number of alkyl halides is 6. The molecule has 0 aliphatic carbocycles. The van der Waals surface area contributed by atoms with Crippen LogP contribution in [-0.4, -0.2) is 61.0 Å². The Morgan fingerprint density at radius 2 is 1.75 bits per heavy atom. The minimum Gasteiger partial charge on any atom is -0.360 e. The molecule has 1 amide bonds. The molecule has 0 saturated carbocycles. The molecule has 28 heavy (non-hydrogen) atoms. The molecule has 0 atom stereocenters. The van der Waals surface area contributed by atoms with Gasteiger partial charge in [-0.2, -0.15) is 26.3 Å². The maximum atomic E-state index is 12.8. The zero-order valence-corrected chi connectivity index (χ0v) is 14.6. The minimum atomic E-state index is -4.93. The number of amides is 1. The quantitative estimate of drug-likeness (QED) is 0.414. The maximum absolute atomic E-state index is 12.8. The summed E-state index contributed by atoms with van der Waals surface area (Å²) in [5.41, 5.74) is -2.15. The zero-order chi connectivity index (χ0) is 20.7. The van der Waals surface area contributed by atoms with Crippen molar-refractivity contribution in [3.05, 3.63) is 22.6 Å². The molecule has 1 fully saturated rings. The van der Waals surface area contributed by atoms with E-state index in [0.29, 0.717) is 14.8 Å². The van der Waals surface area contributed by atoms with Gasteiger partial charge in [-0.3, -0.25) is 4.79 Å². The van der Waals surface area contributed by atoms with Gasteiger partial charge in [0.15, 0.2) is 5.71 Å². The third-order valence-electron chi connectivity index (χ3n) is 3.98. The van der Waals surface area contributed by atoms with Crippen LogP contribution in [0.3, 0.4) is 0 Å². The SMILES string of the molecule is O=C1ON=C(C(F)(F)F)C1=Cc1ccc(N2CCN(C(=O)C(F)(F)F)CC2)s1. The first-order valence-corrected chi connectivity index (χ1v) is 8.58. The van der Waals surface area contributed by atoms with E-state index in [1.165, 1.54) is 6.07 Å². The van der Waals surface area contributed by atoms with Crippen LogP contribution in [0.5, 0.6) is 0 Å². The van der Waals surface area contributed by atoms with Crippen LogP contribution in [0.4, 0.5) is 31.3 Å². The molecule has 2 aliphatic rings. The van der Waals surface area contributed by atoms with Crippen molar-refractivity contribution in [1.82, 2.24) is 4.90 Å². The van der Waals surface area contributed by atoms with Gasteiger partial charge in [0, 0.05) is 31.1 Å². The number of hydrogen-bond donors (Lipinski definition) is 0. The van der Waals surface area contributed by atoms with E-state index >= 15 is 0 Å². The van der Waals surface area contributed by atoms with Gasteiger partial charge in [-0.25, -0.2) is 4.79 Å². The Kier molecular flexibility index (Phi) is 5.12. The molecule has 0 unspecified atom stereocenters. The normalized spacial score (nSPS) is 19.9. The Hall–Kier alpha value is -2.57. The van der Waals surface area contributed by atoms with Gasteiger partial charge in [-0.05, 0) is 18.2 Å². The molecule has 0 radical (unpaired) electrons. The first-order valence-electron chi connectivity index (χ1n) is 7.76. The fraction of sp³-hybridized carbons (Fsp3) is 0.400. The smallest absolute Gasteiger partial charge is 0.360 e. The first kappa shape index (κ1) is 20.2. The van der Waals surface area contributed by atoms with Crippen molar-refractivity contribution in [2.75, 3.05) is 31.1 Å². The summed E-state index contributed by atoms with van der Waals surface area (Å²) in [5, 5.41) is 3.33. The van der Waals surface area contributed by atoms with Gasteiger partial charge in [0.25, 0.3) is 0 Å². The summed E-state index contributed by atoms with van der Waals surface area (Å²) in [5.74, 6) is -3.12. The Morgan fingerprint density at radius 3 is 2.32 bits per heavy atom. The van der Waals surface area contributed by atoms with Gasteiger partial charge in [0.1, 0.15) is 0 Å². The number of nitrogens with zero attached hydrogens (tertiary/aromatic N) is 3. The molecule has 1 aromatic rings. The third kappa shape index (κ3) is 4.13. The van der Waals surface area contributed by atoms with E-state index in [2.05, 4.69) is 9.99 Å². The number of piperazine rings is 1. The average Bonchev–Trinajstić information content (AvgIpc) is 3.21. The lowest BCUT2D eigenvalue weighted by Crippen LogP contribution is -2.52. The van der Waals surface area contributed by atoms with E-state index in [9.17, 15) is 35.9 Å². The highest BCUT2D eigenvalue weighted by molar-refractivity contribution is 7.17. The van der Waals surface area contributed by atoms with Crippen LogP contribution in [0, 0.1) is 0 Å². The molecular weight excluding hydrogens is 416 g/mol. The van der Waals surface area contributed by atoms with Gasteiger partial charge in [0.2, 0.25) is 0 Å². The monoisotopic (exact) mass is 427 g/mol. The van der Waals surface area contributed by atoms with E-state index in [0.717, 1.165) is 17.4 Å². The van der Waals surface area contributed by atoms with Crippen LogP contribution in [0.1, 0.15) is 4.88 Å². The Morgan fingerprint density at radius 1 is 1.11 bits per heavy atom. The second-order valence-corrected chi connectivity index (χ2v) is 6.92. The molecule has 2 aliphatic heterocycles. The standard InChI is InChI=1S/C15H11F6N3O3S/c16-14(17,18)11-9(12(25)27-22-11)7-8-1-2-10(28-8)23-3-5-24(6-4-23)13(26)15(19,20)21/h1-2,7H,3-6H2. The molecule has 1 saturated heterocycles. The van der Waals surface area contributed by atoms with E-state index in [1.54, 1.807) is 11.0 Å². The molecule has 0 N–H and O–H groups in total. The second-order valence-electron chi connectivity index (χ2n) is 5.83. The fourth-order valence-electron chi connectivity index (χ4n) is 2.66. The van der Waals surface area contributed by atoms with E-state index in [1.807, 2.05) is 0 Å². The molecule has 13 heteroatoms. The number of oxime groups is 1. The highest BCUT2D eigenvalue weighted by Crippen LogP contribution is 2.32. The molecule has 6 nitrogen and oxygen atoms in total. The van der Waals surface area contributed by atoms with Crippen LogP contribution >= 0.6 is 11.3 Å². The summed E-state index contributed by atoms with van der Waals surface area (Å²) < 4.78 is 75.9. The van der Waals surface area contributed by atoms with Crippen molar-refractivity contribution in [3.8, 4) is 0 Å². The number of anilines is 1. The van der Waals surface area contributed by atoms with Crippen molar-refractivity contribution in [2.24, 2.45) is 5.16 Å². The fourth-order valence-corrected chi connectivity index (χ4v) is 3.66. The van der Waals surface area contributed by atoms with Crippen molar-refractivity contribution in [3.63, 3.8) is 0 Å². The lowest BCUT2D eigenvalue weighted by Gasteiger charge is -2.35. The van der Waals surface area contributed by atoms with Crippen molar-refractivity contribution in [2.45, 2.75) is 12.4 Å². The van der Waals surface area contributed by atoms with E-state index in [-0.39, 0.29) is 26.2 Å². The molecule has 0 spiro atoms. The topological polar surface area (TPSA) is 62.2 Å². The number of carbonyl (C=O) groups excluding carboxylic acids is 2. The van der Waals surface area contributed by atoms with Gasteiger partial charge in [-0.15, -0.1) is 11.3 Å². The largest absolute Gasteiger partial charge is 0.471 e. The van der Waals surface area contributed by atoms with Crippen molar-refractivity contribution in [1.29, 1.82) is 0 Å². The summed E-state index contributed by atoms with van der Waals surface area (Å²) in [6.45, 7) is -0.000958. The number of rotatable bonds is 2. The van der Waals surface area contributed by atoms with Crippen LogP contribution in [0.25, 0.3) is 6.08 Å². The summed E-state index contributed by atoms with van der Waals surface area (Å²) in [7, 11) is 0. The summed E-state index contributed by atoms with van der Waals surface area (Å²) >= 11 is 1.05. The molecule has 1 aromatic heterocycles. The third-order valence-corrected chi connectivity index (χ3v) is 5.08. The Labute approximate surface area is 157 Å². The molecule has 0 aromatic carbocycles. The molecule has 152 valence electrons. The highest BCUT2D eigenvalue weighted by Gasteiger charge is 2.45. The lowest BCUT2D eigenvalue weighted by molar-refractivity contribution is -0.185. The van der Waals surface area contributed by atoms with Crippen LogP contribution in [-0.2, 0) is 14.4 Å². The Bertz CT molecular complexity index is 850. The maximum Gasteiger partial charge on any atom is 0.471 e. The second kappa shape index (κ2) is 7.11. The zero-order valence-electron chi connectivity index (χ0n) is 13.8. The number of thiophene rings is 1. The van der Waals surface area contributed by atoms with Gasteiger partial charge >= 0.3 is 24.2 Å². The number of hydrogen-bond acceptors (Lipinski definition) is 6.